The summed E-state index contributed by atoms with van der Waals surface area (Å²) in [7, 11) is 0. The van der Waals surface area contributed by atoms with Crippen LogP contribution in [0.1, 0.15) is 26.7 Å². The van der Waals surface area contributed by atoms with E-state index in [9.17, 15) is 12.9 Å². The van der Waals surface area contributed by atoms with E-state index < -0.39 is 12.4 Å². The van der Waals surface area contributed by atoms with Gasteiger partial charge in [-0.2, -0.15) is 0 Å². The van der Waals surface area contributed by atoms with Crippen LogP contribution >= 0.6 is 0 Å². The predicted molar refractivity (Wildman–Crippen MR) is 64.7 cm³/mol. The Kier molecular flexibility index (Phi) is 8.88. The van der Waals surface area contributed by atoms with Crippen LogP contribution in [-0.2, 0) is 0 Å². The zero-order valence-electron chi connectivity index (χ0n) is 11.1. The van der Waals surface area contributed by atoms with Crippen LogP contribution in [-0.4, -0.2) is 13.6 Å². The molecule has 18 heavy (non-hydrogen) atoms. The van der Waals surface area contributed by atoms with Crippen molar-refractivity contribution in [2.24, 2.45) is 5.92 Å². The number of hydrogen-bond donors (Lipinski definition) is 0. The van der Waals surface area contributed by atoms with Crippen molar-refractivity contribution in [2.45, 2.75) is 26.7 Å². The van der Waals surface area contributed by atoms with Crippen molar-refractivity contribution in [1.29, 1.82) is 0 Å². The molecule has 1 nitrogen and oxygen atoms in total. The molecule has 0 saturated heterocycles. The average Bonchev–Trinajstić information content (AvgIpc) is 2.23. The summed E-state index contributed by atoms with van der Waals surface area (Å²) >= 11 is 0. The molecule has 0 aliphatic rings. The molecular formula is C12H17BF3KO. The minimum Gasteiger partial charge on any atom is -0.494 e. The monoisotopic (exact) mass is 284 g/mol. The molecule has 0 heterocycles. The fourth-order valence-electron chi connectivity index (χ4n) is 1.46. The molecule has 96 valence electrons. The second-order valence-electron chi connectivity index (χ2n) is 4.53. The van der Waals surface area contributed by atoms with Gasteiger partial charge in [-0.05, 0) is 30.9 Å². The summed E-state index contributed by atoms with van der Waals surface area (Å²) in [6.45, 7) is -0.103. The molecule has 1 rings (SSSR count). The van der Waals surface area contributed by atoms with Gasteiger partial charge in [-0.3, -0.25) is 0 Å². The van der Waals surface area contributed by atoms with Crippen LogP contribution in [0.3, 0.4) is 0 Å². The Morgan fingerprint density at radius 3 is 2.11 bits per heavy atom. The van der Waals surface area contributed by atoms with Gasteiger partial charge in [0.2, 0.25) is 0 Å². The van der Waals surface area contributed by atoms with Crippen LogP contribution in [0.15, 0.2) is 24.3 Å². The molecule has 0 unspecified atom stereocenters. The second kappa shape index (κ2) is 8.64. The van der Waals surface area contributed by atoms with Crippen molar-refractivity contribution in [3.63, 3.8) is 0 Å². The molecule has 0 saturated carbocycles. The van der Waals surface area contributed by atoms with Gasteiger partial charge in [0, 0.05) is 0 Å². The van der Waals surface area contributed by atoms with Crippen LogP contribution in [0.25, 0.3) is 0 Å². The Balaban J connectivity index is 0.00000289. The number of benzene rings is 1. The van der Waals surface area contributed by atoms with E-state index >= 15 is 0 Å². The third kappa shape index (κ3) is 7.19. The summed E-state index contributed by atoms with van der Waals surface area (Å²) in [6, 6.07) is 4.88. The number of hydrogen-bond acceptors (Lipinski definition) is 1. The Bertz CT molecular complexity index is 338. The standard InChI is InChI=1S/C12H17BF3O.K/c1-10(2)4-3-9-17-12-7-5-11(6-8-12)13(14,15)16;/h5-8,10H,3-4,9H2,1-2H3;/q-1;+1. The first kappa shape index (κ1) is 18.5. The molecule has 0 bridgehead atoms. The van der Waals surface area contributed by atoms with E-state index in [1.807, 2.05) is 0 Å². The first-order chi connectivity index (χ1) is 7.89. The normalized spacial score (nSPS) is 11.2. The molecular weight excluding hydrogens is 267 g/mol. The van der Waals surface area contributed by atoms with Gasteiger partial charge in [0.15, 0.2) is 0 Å². The van der Waals surface area contributed by atoms with E-state index in [1.165, 1.54) is 12.1 Å². The minimum atomic E-state index is -4.90. The van der Waals surface area contributed by atoms with Gasteiger partial charge in [-0.1, -0.05) is 26.0 Å². The first-order valence-electron chi connectivity index (χ1n) is 5.82. The van der Waals surface area contributed by atoms with Crippen molar-refractivity contribution in [3.05, 3.63) is 24.3 Å². The zero-order chi connectivity index (χ0) is 12.9. The number of rotatable bonds is 6. The van der Waals surface area contributed by atoms with Crippen molar-refractivity contribution in [1.82, 2.24) is 0 Å². The zero-order valence-corrected chi connectivity index (χ0v) is 14.3. The molecule has 0 radical (unpaired) electrons. The maximum atomic E-state index is 12.3. The van der Waals surface area contributed by atoms with Crippen LogP contribution in [0.4, 0.5) is 12.9 Å². The quantitative estimate of drug-likeness (QED) is 0.548. The molecule has 0 aliphatic heterocycles. The van der Waals surface area contributed by atoms with Crippen molar-refractivity contribution < 1.29 is 69.1 Å². The molecule has 0 aromatic heterocycles. The molecule has 0 fully saturated rings. The summed E-state index contributed by atoms with van der Waals surface area (Å²) in [5, 5.41) is 0. The van der Waals surface area contributed by atoms with Crippen molar-refractivity contribution in [2.75, 3.05) is 6.61 Å². The molecule has 0 atom stereocenters. The van der Waals surface area contributed by atoms with E-state index in [0.29, 0.717) is 18.3 Å². The van der Waals surface area contributed by atoms with Gasteiger partial charge >= 0.3 is 58.4 Å². The smallest absolute Gasteiger partial charge is 0.494 e. The van der Waals surface area contributed by atoms with Gasteiger partial charge in [-0.25, -0.2) is 0 Å². The maximum Gasteiger partial charge on any atom is 1.00 e. The van der Waals surface area contributed by atoms with Gasteiger partial charge < -0.3 is 17.7 Å². The summed E-state index contributed by atoms with van der Waals surface area (Å²) in [6.07, 6.45) is 1.98. The third-order valence-electron chi connectivity index (χ3n) is 2.45. The minimum absolute atomic E-state index is 0. The predicted octanol–water partition coefficient (Wildman–Crippen LogP) is 0.560. The van der Waals surface area contributed by atoms with Crippen LogP contribution in [0.2, 0.25) is 0 Å². The largest absolute Gasteiger partial charge is 1.00 e. The summed E-state index contributed by atoms with van der Waals surface area (Å²) in [5.74, 6) is 1.12. The molecule has 0 amide bonds. The van der Waals surface area contributed by atoms with E-state index in [2.05, 4.69) is 13.8 Å². The Hall–Kier alpha value is 0.511. The fraction of sp³-hybridized carbons (Fsp3) is 0.500. The first-order valence-corrected chi connectivity index (χ1v) is 5.82. The second-order valence-corrected chi connectivity index (χ2v) is 4.53. The van der Waals surface area contributed by atoms with Gasteiger partial charge in [0.25, 0.3) is 0 Å². The topological polar surface area (TPSA) is 9.23 Å². The van der Waals surface area contributed by atoms with Gasteiger partial charge in [-0.15, -0.1) is 5.46 Å². The van der Waals surface area contributed by atoms with Crippen LogP contribution < -0.4 is 61.6 Å². The Labute approximate surface area is 149 Å². The number of halogens is 3. The average molecular weight is 284 g/mol. The molecule has 0 N–H and O–H groups in total. The maximum absolute atomic E-state index is 12.3. The summed E-state index contributed by atoms with van der Waals surface area (Å²) in [5.41, 5.74) is -0.584. The molecule has 0 spiro atoms. The summed E-state index contributed by atoms with van der Waals surface area (Å²) in [4.78, 5) is 0. The van der Waals surface area contributed by atoms with Crippen LogP contribution in [0.5, 0.6) is 5.75 Å². The Morgan fingerprint density at radius 2 is 1.67 bits per heavy atom. The third-order valence-corrected chi connectivity index (χ3v) is 2.45. The molecule has 1 aromatic rings. The molecule has 1 aromatic carbocycles. The molecule has 6 heteroatoms. The van der Waals surface area contributed by atoms with Gasteiger partial charge in [0.1, 0.15) is 5.75 Å². The number of ether oxygens (including phenoxy) is 1. The summed E-state index contributed by atoms with van der Waals surface area (Å²) < 4.78 is 42.4. The van der Waals surface area contributed by atoms with Crippen molar-refractivity contribution in [3.8, 4) is 5.75 Å². The van der Waals surface area contributed by atoms with E-state index in [1.54, 1.807) is 0 Å². The van der Waals surface area contributed by atoms with Crippen LogP contribution in [0, 0.1) is 5.92 Å². The fourth-order valence-corrected chi connectivity index (χ4v) is 1.46. The Morgan fingerprint density at radius 1 is 1.11 bits per heavy atom. The van der Waals surface area contributed by atoms with E-state index in [-0.39, 0.29) is 51.4 Å². The van der Waals surface area contributed by atoms with E-state index in [0.717, 1.165) is 25.0 Å². The molecule has 0 aliphatic carbocycles. The van der Waals surface area contributed by atoms with Gasteiger partial charge in [0.05, 0.1) is 6.61 Å². The van der Waals surface area contributed by atoms with Crippen molar-refractivity contribution >= 4 is 12.4 Å². The van der Waals surface area contributed by atoms with E-state index in [4.69, 9.17) is 4.74 Å². The SMILES string of the molecule is CC(C)CCCOc1ccc([B-](F)(F)F)cc1.[K+].